The summed E-state index contributed by atoms with van der Waals surface area (Å²) in [4.78, 5) is 14.3. The molecule has 5 nitrogen and oxygen atoms in total. The second kappa shape index (κ2) is 5.58. The first kappa shape index (κ1) is 14.2. The number of halogens is 1. The number of nitrogen functional groups attached to an aromatic ring is 1. The highest BCUT2D eigenvalue weighted by atomic mass is 79.9. The van der Waals surface area contributed by atoms with Crippen LogP contribution >= 0.6 is 15.9 Å². The fourth-order valence-corrected chi connectivity index (χ4v) is 3.41. The van der Waals surface area contributed by atoms with Gasteiger partial charge in [0.15, 0.2) is 0 Å². The normalized spacial score (nSPS) is 29.1. The molecular formula is C14H22BrN5. The highest BCUT2D eigenvalue weighted by Gasteiger charge is 2.35. The number of hydrogen-bond donors (Lipinski definition) is 1. The molecule has 0 saturated carbocycles. The van der Waals surface area contributed by atoms with Gasteiger partial charge in [-0.05, 0) is 28.3 Å². The van der Waals surface area contributed by atoms with Gasteiger partial charge in [-0.15, -0.1) is 0 Å². The third-order valence-electron chi connectivity index (χ3n) is 4.14. The molecule has 1 aromatic rings. The fraction of sp³-hybridized carbons (Fsp3) is 0.714. The van der Waals surface area contributed by atoms with E-state index in [0.717, 1.165) is 42.0 Å². The predicted octanol–water partition coefficient (Wildman–Crippen LogP) is 1.69. The number of nitrogens with two attached hydrogens (primary N) is 1. The second-order valence-electron chi connectivity index (χ2n) is 6.18. The Kier molecular flexibility index (Phi) is 3.97. The highest BCUT2D eigenvalue weighted by molar-refractivity contribution is 9.10. The van der Waals surface area contributed by atoms with E-state index in [1.165, 1.54) is 13.1 Å². The lowest BCUT2D eigenvalue weighted by Crippen LogP contribution is -2.57. The van der Waals surface area contributed by atoms with Crippen LogP contribution in [0.3, 0.4) is 0 Å². The summed E-state index contributed by atoms with van der Waals surface area (Å²) in [7, 11) is 0. The molecule has 3 saturated heterocycles. The standard InChI is InChI=1S/C14H22BrN5/c1-9(2)7-10-12(15)13(16)18-14(17-10)11-8-19-3-5-20(11)6-4-19/h9,11H,3-8H2,1-2H3,(H2,16,17,18). The van der Waals surface area contributed by atoms with E-state index in [-0.39, 0.29) is 0 Å². The van der Waals surface area contributed by atoms with Crippen molar-refractivity contribution < 1.29 is 0 Å². The van der Waals surface area contributed by atoms with Gasteiger partial charge in [-0.2, -0.15) is 0 Å². The molecule has 0 spiro atoms. The van der Waals surface area contributed by atoms with Crippen molar-refractivity contribution in [3.63, 3.8) is 0 Å². The molecule has 2 N–H and O–H groups in total. The number of piperazine rings is 3. The smallest absolute Gasteiger partial charge is 0.149 e. The van der Waals surface area contributed by atoms with Crippen LogP contribution in [-0.2, 0) is 6.42 Å². The molecule has 3 fully saturated rings. The summed E-state index contributed by atoms with van der Waals surface area (Å²) in [6.07, 6.45) is 0.927. The predicted molar refractivity (Wildman–Crippen MR) is 83.4 cm³/mol. The lowest BCUT2D eigenvalue weighted by atomic mass is 10.1. The van der Waals surface area contributed by atoms with E-state index in [2.05, 4.69) is 44.6 Å². The maximum absolute atomic E-state index is 6.07. The summed E-state index contributed by atoms with van der Waals surface area (Å²) in [6.45, 7) is 9.99. The molecule has 2 bridgehead atoms. The van der Waals surface area contributed by atoms with Gasteiger partial charge in [0.05, 0.1) is 16.2 Å². The van der Waals surface area contributed by atoms with Crippen molar-refractivity contribution in [2.75, 3.05) is 38.5 Å². The van der Waals surface area contributed by atoms with Crippen molar-refractivity contribution in [2.24, 2.45) is 5.92 Å². The molecule has 0 aromatic carbocycles. The quantitative estimate of drug-likeness (QED) is 0.908. The van der Waals surface area contributed by atoms with E-state index in [0.29, 0.717) is 17.8 Å². The SMILES string of the molecule is CC(C)Cc1nc(C2CN3CCN2CC3)nc(N)c1Br. The lowest BCUT2D eigenvalue weighted by Gasteiger charge is -2.46. The van der Waals surface area contributed by atoms with Crippen LogP contribution in [0.25, 0.3) is 0 Å². The molecule has 1 aromatic heterocycles. The van der Waals surface area contributed by atoms with Crippen LogP contribution in [0, 0.1) is 5.92 Å². The first-order valence-electron chi connectivity index (χ1n) is 7.32. The Labute approximate surface area is 128 Å². The van der Waals surface area contributed by atoms with Crippen LogP contribution in [0.15, 0.2) is 4.47 Å². The molecular weight excluding hydrogens is 318 g/mol. The van der Waals surface area contributed by atoms with Crippen molar-refractivity contribution in [1.29, 1.82) is 0 Å². The zero-order chi connectivity index (χ0) is 14.3. The highest BCUT2D eigenvalue weighted by Crippen LogP contribution is 2.30. The van der Waals surface area contributed by atoms with E-state index in [1.54, 1.807) is 0 Å². The van der Waals surface area contributed by atoms with Crippen molar-refractivity contribution in [1.82, 2.24) is 19.8 Å². The molecule has 20 heavy (non-hydrogen) atoms. The molecule has 1 unspecified atom stereocenters. The van der Waals surface area contributed by atoms with E-state index < -0.39 is 0 Å². The van der Waals surface area contributed by atoms with E-state index in [9.17, 15) is 0 Å². The molecule has 3 aliphatic heterocycles. The monoisotopic (exact) mass is 339 g/mol. The number of nitrogens with zero attached hydrogens (tertiary/aromatic N) is 4. The molecule has 0 amide bonds. The summed E-state index contributed by atoms with van der Waals surface area (Å²) >= 11 is 3.53. The summed E-state index contributed by atoms with van der Waals surface area (Å²) in [5.41, 5.74) is 7.11. The minimum absolute atomic E-state index is 0.304. The van der Waals surface area contributed by atoms with Crippen molar-refractivity contribution in [3.05, 3.63) is 16.0 Å². The van der Waals surface area contributed by atoms with Gasteiger partial charge in [-0.25, -0.2) is 9.97 Å². The van der Waals surface area contributed by atoms with Crippen LogP contribution in [0.5, 0.6) is 0 Å². The maximum atomic E-state index is 6.07. The molecule has 4 rings (SSSR count). The van der Waals surface area contributed by atoms with Crippen LogP contribution in [0.4, 0.5) is 5.82 Å². The summed E-state index contributed by atoms with van der Waals surface area (Å²) in [5.74, 6) is 2.02. The Balaban J connectivity index is 1.91. The second-order valence-corrected chi connectivity index (χ2v) is 6.97. The van der Waals surface area contributed by atoms with Gasteiger partial charge >= 0.3 is 0 Å². The van der Waals surface area contributed by atoms with Crippen LogP contribution in [-0.4, -0.2) is 52.5 Å². The molecule has 3 aliphatic rings. The zero-order valence-electron chi connectivity index (χ0n) is 12.1. The van der Waals surface area contributed by atoms with Gasteiger partial charge in [0.25, 0.3) is 0 Å². The minimum atomic E-state index is 0.304. The van der Waals surface area contributed by atoms with Gasteiger partial charge in [-0.1, -0.05) is 13.8 Å². The van der Waals surface area contributed by atoms with Gasteiger partial charge in [0.2, 0.25) is 0 Å². The van der Waals surface area contributed by atoms with E-state index in [1.807, 2.05) is 0 Å². The van der Waals surface area contributed by atoms with Gasteiger partial charge in [-0.3, -0.25) is 9.80 Å². The summed E-state index contributed by atoms with van der Waals surface area (Å²) < 4.78 is 0.867. The van der Waals surface area contributed by atoms with Gasteiger partial charge < -0.3 is 5.73 Å². The van der Waals surface area contributed by atoms with Crippen LogP contribution in [0.2, 0.25) is 0 Å². The van der Waals surface area contributed by atoms with Crippen molar-refractivity contribution in [2.45, 2.75) is 26.3 Å². The average molecular weight is 340 g/mol. The number of fused-ring (bicyclic) bond motifs is 3. The maximum Gasteiger partial charge on any atom is 0.149 e. The average Bonchev–Trinajstić information content (AvgIpc) is 2.44. The summed E-state index contributed by atoms with van der Waals surface area (Å²) in [6, 6.07) is 0.304. The Morgan fingerprint density at radius 1 is 1.25 bits per heavy atom. The first-order chi connectivity index (χ1) is 9.54. The summed E-state index contributed by atoms with van der Waals surface area (Å²) in [5, 5.41) is 0. The Bertz CT molecular complexity index is 497. The minimum Gasteiger partial charge on any atom is -0.383 e. The largest absolute Gasteiger partial charge is 0.383 e. The molecule has 0 aliphatic carbocycles. The van der Waals surface area contributed by atoms with E-state index >= 15 is 0 Å². The molecule has 0 radical (unpaired) electrons. The van der Waals surface area contributed by atoms with E-state index in [4.69, 9.17) is 10.7 Å². The van der Waals surface area contributed by atoms with Crippen LogP contribution in [0.1, 0.15) is 31.4 Å². The molecule has 110 valence electrons. The number of hydrogen-bond acceptors (Lipinski definition) is 5. The number of anilines is 1. The third kappa shape index (κ3) is 2.69. The van der Waals surface area contributed by atoms with Crippen molar-refractivity contribution >= 4 is 21.7 Å². The zero-order valence-corrected chi connectivity index (χ0v) is 13.7. The number of rotatable bonds is 3. The van der Waals surface area contributed by atoms with Gasteiger partial charge in [0.1, 0.15) is 11.6 Å². The lowest BCUT2D eigenvalue weighted by molar-refractivity contribution is 0.00860. The molecule has 1 atom stereocenters. The number of aromatic nitrogens is 2. The molecule has 6 heteroatoms. The topological polar surface area (TPSA) is 58.3 Å². The first-order valence-corrected chi connectivity index (χ1v) is 8.12. The fourth-order valence-electron chi connectivity index (χ4n) is 3.07. The Hall–Kier alpha value is -0.720. The van der Waals surface area contributed by atoms with Crippen LogP contribution < -0.4 is 5.73 Å². The van der Waals surface area contributed by atoms with Crippen molar-refractivity contribution in [3.8, 4) is 0 Å². The van der Waals surface area contributed by atoms with Gasteiger partial charge in [0, 0.05) is 32.7 Å². The Morgan fingerprint density at radius 3 is 2.50 bits per heavy atom. The molecule has 4 heterocycles. The Morgan fingerprint density at radius 2 is 1.95 bits per heavy atom. The third-order valence-corrected chi connectivity index (χ3v) is 5.01.